The third-order valence-corrected chi connectivity index (χ3v) is 3.69. The van der Waals surface area contributed by atoms with Gasteiger partial charge in [-0.05, 0) is 17.7 Å². The summed E-state index contributed by atoms with van der Waals surface area (Å²) in [5, 5.41) is 17.4. The van der Waals surface area contributed by atoms with Crippen molar-refractivity contribution in [2.75, 3.05) is 0 Å². The minimum Gasteiger partial charge on any atom is -0.271 e. The minimum absolute atomic E-state index is 0.400. The Morgan fingerprint density at radius 3 is 2.38 bits per heavy atom. The molecule has 2 aromatic carbocycles. The highest BCUT2D eigenvalue weighted by atomic mass is 16.1. The molecule has 6 heteroatoms. The predicted octanol–water partition coefficient (Wildman–Crippen LogP) is 3.23. The van der Waals surface area contributed by atoms with Gasteiger partial charge in [-0.25, -0.2) is 4.99 Å². The molecular formula is C20H15N5O. The van der Waals surface area contributed by atoms with Crippen LogP contribution in [0, 0.1) is 23.2 Å². The van der Waals surface area contributed by atoms with Crippen LogP contribution < -0.4 is 0 Å². The molecular weight excluding hydrogens is 326 g/mol. The van der Waals surface area contributed by atoms with Gasteiger partial charge in [0.2, 0.25) is 0 Å². The number of nitriles is 1. The van der Waals surface area contributed by atoms with Crippen molar-refractivity contribution in [3.63, 3.8) is 0 Å². The van der Waals surface area contributed by atoms with Crippen LogP contribution in [-0.2, 0) is 4.79 Å². The van der Waals surface area contributed by atoms with Crippen LogP contribution in [0.4, 0.5) is 5.69 Å². The number of aliphatic imine (C=N–C) groups is 2. The van der Waals surface area contributed by atoms with Crippen molar-refractivity contribution >= 4 is 36.0 Å². The Hall–Kier alpha value is -3.72. The largest absolute Gasteiger partial charge is 0.271 e. The Kier molecular flexibility index (Phi) is 5.53. The van der Waals surface area contributed by atoms with Gasteiger partial charge in [-0.1, -0.05) is 48.5 Å². The zero-order valence-corrected chi connectivity index (χ0v) is 13.8. The second-order valence-corrected chi connectivity index (χ2v) is 5.50. The van der Waals surface area contributed by atoms with Gasteiger partial charge < -0.3 is 0 Å². The lowest BCUT2D eigenvalue weighted by molar-refractivity contribution is -0.118. The first-order valence-electron chi connectivity index (χ1n) is 8.00. The number of nitrogens with zero attached hydrogens (tertiary/aromatic N) is 5. The summed E-state index contributed by atoms with van der Waals surface area (Å²) >= 11 is 0. The molecule has 0 spiro atoms. The number of hydrogen-bond acceptors (Lipinski definition) is 5. The molecule has 0 bridgehead atoms. The van der Waals surface area contributed by atoms with Crippen molar-refractivity contribution in [2.45, 2.75) is 0 Å². The fourth-order valence-corrected chi connectivity index (χ4v) is 2.40. The molecule has 3 rings (SSSR count). The van der Waals surface area contributed by atoms with Crippen LogP contribution >= 0.6 is 0 Å². The van der Waals surface area contributed by atoms with E-state index in [1.54, 1.807) is 18.3 Å². The first-order valence-corrected chi connectivity index (χ1v) is 8.00. The SMILES string of the molecule is N#CC1C(=O)N=CC(/C=N/N=C/c2ccccc2)C1=Nc1ccccc1. The van der Waals surface area contributed by atoms with Gasteiger partial charge in [0.1, 0.15) is 0 Å². The predicted molar refractivity (Wildman–Crippen MR) is 102 cm³/mol. The number of carbonyl (C=O) groups is 1. The molecule has 2 unspecified atom stereocenters. The average molecular weight is 341 g/mol. The Morgan fingerprint density at radius 2 is 1.69 bits per heavy atom. The topological polar surface area (TPSA) is 90.3 Å². The normalized spacial score (nSPS) is 21.5. The van der Waals surface area contributed by atoms with Gasteiger partial charge >= 0.3 is 0 Å². The van der Waals surface area contributed by atoms with E-state index in [1.807, 2.05) is 54.6 Å². The third kappa shape index (κ3) is 4.22. The van der Waals surface area contributed by atoms with Crippen LogP contribution in [-0.4, -0.2) is 30.3 Å². The molecule has 1 aliphatic rings. The van der Waals surface area contributed by atoms with Gasteiger partial charge in [-0.3, -0.25) is 9.79 Å². The summed E-state index contributed by atoms with van der Waals surface area (Å²) in [5.74, 6) is -2.00. The van der Waals surface area contributed by atoms with Gasteiger partial charge in [0.25, 0.3) is 5.91 Å². The first kappa shape index (κ1) is 17.1. The summed E-state index contributed by atoms with van der Waals surface area (Å²) in [4.78, 5) is 20.2. The van der Waals surface area contributed by atoms with E-state index in [2.05, 4.69) is 20.2 Å². The standard InChI is InChI=1S/C20H15N5O/c21-11-18-19(25-17-9-5-2-6-10-17)16(13-22-20(18)26)14-24-23-12-15-7-3-1-4-8-15/h1-10,12-14,16,18H/b23-12+,24-14+,25-19?. The maximum atomic E-state index is 11.9. The molecule has 2 atom stereocenters. The van der Waals surface area contributed by atoms with Crippen LogP contribution in [0.1, 0.15) is 5.56 Å². The Bertz CT molecular complexity index is 924. The number of rotatable bonds is 4. The van der Waals surface area contributed by atoms with Gasteiger partial charge in [0.15, 0.2) is 5.92 Å². The van der Waals surface area contributed by atoms with Crippen molar-refractivity contribution in [1.29, 1.82) is 5.26 Å². The Morgan fingerprint density at radius 1 is 1.00 bits per heavy atom. The second kappa shape index (κ2) is 8.40. The average Bonchev–Trinajstić information content (AvgIpc) is 2.68. The molecule has 26 heavy (non-hydrogen) atoms. The van der Waals surface area contributed by atoms with Crippen molar-refractivity contribution in [3.8, 4) is 6.07 Å². The van der Waals surface area contributed by atoms with Gasteiger partial charge in [0.05, 0.1) is 29.6 Å². The number of para-hydroxylation sites is 1. The van der Waals surface area contributed by atoms with Crippen molar-refractivity contribution in [2.24, 2.45) is 32.0 Å². The van der Waals surface area contributed by atoms with Gasteiger partial charge in [-0.15, -0.1) is 0 Å². The lowest BCUT2D eigenvalue weighted by Gasteiger charge is -2.18. The molecule has 2 aromatic rings. The molecule has 126 valence electrons. The summed E-state index contributed by atoms with van der Waals surface area (Å²) in [6, 6.07) is 20.7. The lowest BCUT2D eigenvalue weighted by Crippen LogP contribution is -2.34. The summed E-state index contributed by atoms with van der Waals surface area (Å²) < 4.78 is 0. The number of benzene rings is 2. The van der Waals surface area contributed by atoms with E-state index in [1.165, 1.54) is 12.4 Å². The van der Waals surface area contributed by atoms with Gasteiger partial charge in [-0.2, -0.15) is 15.5 Å². The van der Waals surface area contributed by atoms with Crippen LogP contribution in [0.5, 0.6) is 0 Å². The maximum Gasteiger partial charge on any atom is 0.268 e. The highest BCUT2D eigenvalue weighted by Crippen LogP contribution is 2.20. The minimum atomic E-state index is -1.02. The summed E-state index contributed by atoms with van der Waals surface area (Å²) in [6.07, 6.45) is 4.60. The fourth-order valence-electron chi connectivity index (χ4n) is 2.40. The Labute approximate surface area is 151 Å². The quantitative estimate of drug-likeness (QED) is 0.631. The number of amides is 1. The van der Waals surface area contributed by atoms with Gasteiger partial charge in [0, 0.05) is 12.4 Å². The highest BCUT2D eigenvalue weighted by molar-refractivity contribution is 6.24. The molecule has 0 aliphatic carbocycles. The van der Waals surface area contributed by atoms with Crippen molar-refractivity contribution in [1.82, 2.24) is 0 Å². The molecule has 0 aromatic heterocycles. The van der Waals surface area contributed by atoms with E-state index in [0.29, 0.717) is 11.4 Å². The van der Waals surface area contributed by atoms with E-state index < -0.39 is 17.7 Å². The molecule has 1 amide bonds. The molecule has 0 saturated heterocycles. The molecule has 1 aliphatic heterocycles. The monoisotopic (exact) mass is 341 g/mol. The summed E-state index contributed by atoms with van der Waals surface area (Å²) in [7, 11) is 0. The van der Waals surface area contributed by atoms with Crippen molar-refractivity contribution < 1.29 is 4.79 Å². The fraction of sp³-hybridized carbons (Fsp3) is 0.100. The first-order chi connectivity index (χ1) is 12.8. The smallest absolute Gasteiger partial charge is 0.268 e. The molecule has 0 fully saturated rings. The Balaban J connectivity index is 1.86. The highest BCUT2D eigenvalue weighted by Gasteiger charge is 2.32. The van der Waals surface area contributed by atoms with Crippen molar-refractivity contribution in [3.05, 3.63) is 66.2 Å². The summed E-state index contributed by atoms with van der Waals surface area (Å²) in [5.41, 5.74) is 1.99. The number of carbonyl (C=O) groups excluding carboxylic acids is 1. The van der Waals surface area contributed by atoms with E-state index >= 15 is 0 Å². The van der Waals surface area contributed by atoms with Crippen LogP contribution in [0.25, 0.3) is 0 Å². The number of hydrogen-bond donors (Lipinski definition) is 0. The molecule has 6 nitrogen and oxygen atoms in total. The van der Waals surface area contributed by atoms with E-state index in [-0.39, 0.29) is 0 Å². The zero-order valence-electron chi connectivity index (χ0n) is 13.8. The van der Waals surface area contributed by atoms with E-state index in [0.717, 1.165) is 5.56 Å². The lowest BCUT2D eigenvalue weighted by atomic mass is 9.90. The van der Waals surface area contributed by atoms with E-state index in [9.17, 15) is 10.1 Å². The maximum absolute atomic E-state index is 11.9. The zero-order chi connectivity index (χ0) is 18.2. The second-order valence-electron chi connectivity index (χ2n) is 5.50. The van der Waals surface area contributed by atoms with Crippen LogP contribution in [0.2, 0.25) is 0 Å². The van der Waals surface area contributed by atoms with Crippen LogP contribution in [0.15, 0.2) is 80.9 Å². The molecule has 0 saturated carbocycles. The van der Waals surface area contributed by atoms with Crippen LogP contribution in [0.3, 0.4) is 0 Å². The summed E-state index contributed by atoms with van der Waals surface area (Å²) in [6.45, 7) is 0. The molecule has 1 heterocycles. The van der Waals surface area contributed by atoms with E-state index in [4.69, 9.17) is 0 Å². The third-order valence-electron chi connectivity index (χ3n) is 3.69. The molecule has 0 N–H and O–H groups in total. The molecule has 0 radical (unpaired) electrons.